The first kappa shape index (κ1) is 16.5. The van der Waals surface area contributed by atoms with Crippen LogP contribution in [0.5, 0.6) is 0 Å². The van der Waals surface area contributed by atoms with Crippen LogP contribution in [0.2, 0.25) is 0 Å². The summed E-state index contributed by atoms with van der Waals surface area (Å²) in [5, 5.41) is 14.3. The van der Waals surface area contributed by atoms with Crippen LogP contribution < -0.4 is 16.0 Å². The van der Waals surface area contributed by atoms with Crippen molar-refractivity contribution in [3.05, 3.63) is 18.0 Å². The molecule has 2 aliphatic heterocycles. The number of nitrogens with one attached hydrogen (secondary N) is 3. The van der Waals surface area contributed by atoms with Crippen molar-refractivity contribution in [1.29, 1.82) is 0 Å². The predicted molar refractivity (Wildman–Crippen MR) is 90.1 cm³/mol. The van der Waals surface area contributed by atoms with Crippen LogP contribution in [0.25, 0.3) is 0 Å². The van der Waals surface area contributed by atoms with Crippen molar-refractivity contribution in [3.63, 3.8) is 0 Å². The van der Waals surface area contributed by atoms with Gasteiger partial charge >= 0.3 is 0 Å². The highest BCUT2D eigenvalue weighted by Crippen LogP contribution is 2.30. The molecule has 3 heterocycles. The molecule has 0 aliphatic carbocycles. The summed E-state index contributed by atoms with van der Waals surface area (Å²) in [5.74, 6) is 0.369. The third kappa shape index (κ3) is 3.58. The summed E-state index contributed by atoms with van der Waals surface area (Å²) in [4.78, 5) is 12.7. The lowest BCUT2D eigenvalue weighted by Gasteiger charge is -2.39. The Morgan fingerprint density at radius 3 is 3.00 bits per heavy atom. The Bertz CT molecular complexity index is 553. The molecular formula is C17H29N5O. The number of hydrogen-bond acceptors (Lipinski definition) is 4. The molecule has 3 atom stereocenters. The first-order chi connectivity index (χ1) is 11.0. The highest BCUT2D eigenvalue weighted by atomic mass is 16.1. The van der Waals surface area contributed by atoms with Gasteiger partial charge in [-0.3, -0.25) is 9.48 Å². The number of aromatic nitrogens is 2. The maximum Gasteiger partial charge on any atom is 0.225 e. The number of piperidine rings is 1. The topological polar surface area (TPSA) is 71.0 Å². The van der Waals surface area contributed by atoms with E-state index in [2.05, 4.69) is 34.9 Å². The van der Waals surface area contributed by atoms with E-state index in [1.165, 1.54) is 12.8 Å². The SMILES string of the molecule is Cn1cc([C@H]2CNC[C@@H]2C(=O)NCC2NCCCC2(C)C)cn1. The van der Waals surface area contributed by atoms with Gasteiger partial charge in [-0.15, -0.1) is 0 Å². The van der Waals surface area contributed by atoms with Crippen molar-refractivity contribution in [2.45, 2.75) is 38.6 Å². The number of rotatable bonds is 4. The van der Waals surface area contributed by atoms with Crippen molar-refractivity contribution < 1.29 is 4.79 Å². The Hall–Kier alpha value is -1.40. The van der Waals surface area contributed by atoms with Crippen molar-refractivity contribution in [1.82, 2.24) is 25.7 Å². The monoisotopic (exact) mass is 319 g/mol. The van der Waals surface area contributed by atoms with E-state index in [1.54, 1.807) is 4.68 Å². The van der Waals surface area contributed by atoms with Crippen molar-refractivity contribution in [3.8, 4) is 0 Å². The molecule has 1 aromatic rings. The fraction of sp³-hybridized carbons (Fsp3) is 0.765. The Kier molecular flexibility index (Phi) is 4.73. The van der Waals surface area contributed by atoms with Gasteiger partial charge in [0.05, 0.1) is 12.1 Å². The highest BCUT2D eigenvalue weighted by Gasteiger charge is 2.36. The predicted octanol–water partition coefficient (Wildman–Crippen LogP) is 0.618. The molecule has 23 heavy (non-hydrogen) atoms. The molecule has 6 nitrogen and oxygen atoms in total. The standard InChI is InChI=1S/C17H29N5O/c1-17(2)5-4-6-19-15(17)10-20-16(23)14-9-18-8-13(14)12-7-21-22(3)11-12/h7,11,13-15,18-19H,4-6,8-10H2,1-3H3,(H,20,23)/t13-,14+,15?/m1/s1. The summed E-state index contributed by atoms with van der Waals surface area (Å²) in [7, 11) is 1.91. The number of hydrogen-bond donors (Lipinski definition) is 3. The van der Waals surface area contributed by atoms with E-state index in [1.807, 2.05) is 19.4 Å². The maximum absolute atomic E-state index is 12.7. The van der Waals surface area contributed by atoms with E-state index in [4.69, 9.17) is 0 Å². The van der Waals surface area contributed by atoms with E-state index < -0.39 is 0 Å². The first-order valence-electron chi connectivity index (χ1n) is 8.68. The number of amides is 1. The molecule has 1 aromatic heterocycles. The molecule has 3 rings (SSSR count). The van der Waals surface area contributed by atoms with Crippen LogP contribution in [0.3, 0.4) is 0 Å². The normalized spacial score (nSPS) is 30.3. The summed E-state index contributed by atoms with van der Waals surface area (Å²) < 4.78 is 1.80. The first-order valence-corrected chi connectivity index (χ1v) is 8.68. The van der Waals surface area contributed by atoms with Crippen LogP contribution in [0, 0.1) is 11.3 Å². The van der Waals surface area contributed by atoms with Gasteiger partial charge in [-0.05, 0) is 30.4 Å². The van der Waals surface area contributed by atoms with Gasteiger partial charge in [0.25, 0.3) is 0 Å². The molecule has 2 fully saturated rings. The molecule has 3 N–H and O–H groups in total. The van der Waals surface area contributed by atoms with Gasteiger partial charge in [-0.25, -0.2) is 0 Å². The number of nitrogens with zero attached hydrogens (tertiary/aromatic N) is 2. The van der Waals surface area contributed by atoms with Gasteiger partial charge in [-0.2, -0.15) is 5.10 Å². The summed E-state index contributed by atoms with van der Waals surface area (Å²) in [5.41, 5.74) is 1.39. The minimum Gasteiger partial charge on any atom is -0.354 e. The largest absolute Gasteiger partial charge is 0.354 e. The Morgan fingerprint density at radius 1 is 1.48 bits per heavy atom. The van der Waals surface area contributed by atoms with Crippen LogP contribution in [0.4, 0.5) is 0 Å². The lowest BCUT2D eigenvalue weighted by atomic mass is 9.77. The molecule has 1 amide bonds. The van der Waals surface area contributed by atoms with Crippen LogP contribution in [-0.2, 0) is 11.8 Å². The molecule has 0 radical (unpaired) electrons. The summed E-state index contributed by atoms with van der Waals surface area (Å²) in [6, 6.07) is 0.353. The van der Waals surface area contributed by atoms with Gasteiger partial charge in [0, 0.05) is 44.8 Å². The Labute approximate surface area is 138 Å². The third-order valence-electron chi connectivity index (χ3n) is 5.52. The number of aryl methyl sites for hydroxylation is 1. The third-order valence-corrected chi connectivity index (χ3v) is 5.52. The summed E-state index contributed by atoms with van der Waals surface area (Å²) in [6.45, 7) is 7.91. The molecule has 0 aromatic carbocycles. The average molecular weight is 319 g/mol. The van der Waals surface area contributed by atoms with Gasteiger partial charge in [0.2, 0.25) is 5.91 Å². The second-order valence-electron chi connectivity index (χ2n) is 7.66. The highest BCUT2D eigenvalue weighted by molar-refractivity contribution is 5.80. The number of carbonyl (C=O) groups is 1. The molecule has 1 unspecified atom stereocenters. The van der Waals surface area contributed by atoms with Crippen molar-refractivity contribution in [2.24, 2.45) is 18.4 Å². The van der Waals surface area contributed by atoms with Gasteiger partial charge in [-0.1, -0.05) is 13.8 Å². The fourth-order valence-corrected chi connectivity index (χ4v) is 3.89. The minimum atomic E-state index is -0.00842. The van der Waals surface area contributed by atoms with Crippen molar-refractivity contribution >= 4 is 5.91 Å². The second kappa shape index (κ2) is 6.61. The van der Waals surface area contributed by atoms with E-state index in [-0.39, 0.29) is 23.2 Å². The molecule has 6 heteroatoms. The summed E-state index contributed by atoms with van der Waals surface area (Å²) in [6.07, 6.45) is 6.32. The molecule has 0 spiro atoms. The molecule has 128 valence electrons. The molecular weight excluding hydrogens is 290 g/mol. The quantitative estimate of drug-likeness (QED) is 0.761. The second-order valence-corrected chi connectivity index (χ2v) is 7.66. The molecule has 2 aliphatic rings. The lowest BCUT2D eigenvalue weighted by Crippen LogP contribution is -2.53. The Morgan fingerprint density at radius 2 is 2.30 bits per heavy atom. The number of carbonyl (C=O) groups excluding carboxylic acids is 1. The van der Waals surface area contributed by atoms with Gasteiger partial charge < -0.3 is 16.0 Å². The van der Waals surface area contributed by atoms with Crippen molar-refractivity contribution in [2.75, 3.05) is 26.2 Å². The van der Waals surface area contributed by atoms with Crippen LogP contribution >= 0.6 is 0 Å². The average Bonchev–Trinajstić information content (AvgIpc) is 3.13. The zero-order valence-corrected chi connectivity index (χ0v) is 14.4. The Balaban J connectivity index is 1.59. The zero-order valence-electron chi connectivity index (χ0n) is 14.4. The maximum atomic E-state index is 12.7. The smallest absolute Gasteiger partial charge is 0.225 e. The molecule has 0 bridgehead atoms. The fourth-order valence-electron chi connectivity index (χ4n) is 3.89. The van der Waals surface area contributed by atoms with Crippen LogP contribution in [0.1, 0.15) is 38.2 Å². The molecule has 2 saturated heterocycles. The van der Waals surface area contributed by atoms with E-state index >= 15 is 0 Å². The molecule has 0 saturated carbocycles. The summed E-state index contributed by atoms with van der Waals surface area (Å²) >= 11 is 0. The zero-order chi connectivity index (χ0) is 16.4. The van der Waals surface area contributed by atoms with Crippen LogP contribution in [0.15, 0.2) is 12.4 Å². The van der Waals surface area contributed by atoms with Gasteiger partial charge in [0.15, 0.2) is 0 Å². The lowest BCUT2D eigenvalue weighted by molar-refractivity contribution is -0.125. The van der Waals surface area contributed by atoms with Crippen LogP contribution in [-0.4, -0.2) is 47.9 Å². The van der Waals surface area contributed by atoms with Gasteiger partial charge in [0.1, 0.15) is 0 Å². The minimum absolute atomic E-state index is 0.00842. The van der Waals surface area contributed by atoms with E-state index in [0.717, 1.165) is 25.2 Å². The van der Waals surface area contributed by atoms with E-state index in [9.17, 15) is 4.79 Å². The van der Waals surface area contributed by atoms with E-state index in [0.29, 0.717) is 12.6 Å².